The average Bonchev–Trinajstić information content (AvgIpc) is 2.61. The van der Waals surface area contributed by atoms with Crippen molar-refractivity contribution in [3.05, 3.63) is 24.0 Å². The lowest BCUT2D eigenvalue weighted by Crippen LogP contribution is -2.08. The minimum absolute atomic E-state index is 1.10. The Bertz CT molecular complexity index is 156. The lowest BCUT2D eigenvalue weighted by molar-refractivity contribution is 0.717. The number of aromatic nitrogens is 1. The van der Waals surface area contributed by atoms with Gasteiger partial charge in [-0.05, 0) is 38.6 Å². The number of aryl methyl sites for hydroxylation is 1. The Hall–Kier alpha value is -0.760. The van der Waals surface area contributed by atoms with Crippen LogP contribution in [-0.2, 0) is 6.42 Å². The molecule has 1 aromatic rings. The molecule has 0 saturated heterocycles. The fourth-order valence-electron chi connectivity index (χ4n) is 0.979. The molecular weight excluding hydrogens is 148 g/mol. The van der Waals surface area contributed by atoms with Crippen LogP contribution in [0.4, 0.5) is 0 Å². The van der Waals surface area contributed by atoms with E-state index in [4.69, 9.17) is 0 Å². The summed E-state index contributed by atoms with van der Waals surface area (Å²) in [5.74, 6) is 0. The minimum atomic E-state index is 1.10. The smallest absolute Gasteiger partial charge is 0.0147 e. The fraction of sp³-hybridized carbons (Fsp3) is 0.600. The van der Waals surface area contributed by atoms with Crippen LogP contribution in [0.1, 0.15) is 26.0 Å². The molecule has 0 radical (unpaired) electrons. The predicted molar refractivity (Wildman–Crippen MR) is 54.4 cm³/mol. The average molecular weight is 168 g/mol. The van der Waals surface area contributed by atoms with Gasteiger partial charge >= 0.3 is 0 Å². The molecule has 2 heteroatoms. The van der Waals surface area contributed by atoms with Crippen LogP contribution in [0.25, 0.3) is 0 Å². The summed E-state index contributed by atoms with van der Waals surface area (Å²) in [6, 6.07) is 4.16. The van der Waals surface area contributed by atoms with Crippen molar-refractivity contribution in [2.24, 2.45) is 0 Å². The van der Waals surface area contributed by atoms with Crippen LogP contribution in [0, 0.1) is 0 Å². The third kappa shape index (κ3) is 4.97. The first-order valence-corrected chi connectivity index (χ1v) is 4.70. The maximum atomic E-state index is 3.17. The molecule has 0 aliphatic heterocycles. The van der Waals surface area contributed by atoms with Gasteiger partial charge in [0.2, 0.25) is 0 Å². The highest BCUT2D eigenvalue weighted by Gasteiger charge is 1.89. The Morgan fingerprint density at radius 3 is 2.67 bits per heavy atom. The molecule has 1 rings (SSSR count). The van der Waals surface area contributed by atoms with E-state index in [0.29, 0.717) is 0 Å². The summed E-state index contributed by atoms with van der Waals surface area (Å²) < 4.78 is 0. The molecule has 0 atom stereocenters. The Morgan fingerprint density at radius 2 is 2.17 bits per heavy atom. The summed E-state index contributed by atoms with van der Waals surface area (Å²) in [5, 5.41) is 3.12. The lowest BCUT2D eigenvalue weighted by atomic mass is 10.2. The number of rotatable bonds is 4. The monoisotopic (exact) mass is 168 g/mol. The van der Waals surface area contributed by atoms with E-state index < -0.39 is 0 Å². The van der Waals surface area contributed by atoms with Crippen molar-refractivity contribution in [1.29, 1.82) is 0 Å². The van der Waals surface area contributed by atoms with E-state index >= 15 is 0 Å². The lowest BCUT2D eigenvalue weighted by Gasteiger charge is -1.96. The van der Waals surface area contributed by atoms with E-state index in [1.807, 2.05) is 33.2 Å². The second kappa shape index (κ2) is 8.34. The third-order valence-corrected chi connectivity index (χ3v) is 1.54. The minimum Gasteiger partial charge on any atom is -0.365 e. The first kappa shape index (κ1) is 11.2. The number of H-pyrrole nitrogens is 1. The normalized spacial score (nSPS) is 8.92. The second-order valence-electron chi connectivity index (χ2n) is 2.40. The molecule has 2 N–H and O–H groups in total. The largest absolute Gasteiger partial charge is 0.365 e. The molecule has 0 saturated carbocycles. The summed E-state index contributed by atoms with van der Waals surface area (Å²) in [6.45, 7) is 5.10. The molecule has 0 fully saturated rings. The van der Waals surface area contributed by atoms with Gasteiger partial charge in [0, 0.05) is 11.9 Å². The summed E-state index contributed by atoms with van der Waals surface area (Å²) in [7, 11) is 1.98. The number of hydrogen-bond donors (Lipinski definition) is 2. The van der Waals surface area contributed by atoms with Gasteiger partial charge in [-0.2, -0.15) is 0 Å². The van der Waals surface area contributed by atoms with Crippen LogP contribution >= 0.6 is 0 Å². The third-order valence-electron chi connectivity index (χ3n) is 1.54. The highest BCUT2D eigenvalue weighted by atomic mass is 14.8. The zero-order valence-electron chi connectivity index (χ0n) is 8.35. The van der Waals surface area contributed by atoms with Crippen molar-refractivity contribution < 1.29 is 0 Å². The predicted octanol–water partition coefficient (Wildman–Crippen LogP) is 2.19. The van der Waals surface area contributed by atoms with Crippen LogP contribution in [0.3, 0.4) is 0 Å². The van der Waals surface area contributed by atoms with E-state index in [1.54, 1.807) is 0 Å². The number of nitrogens with one attached hydrogen (secondary N) is 2. The zero-order valence-corrected chi connectivity index (χ0v) is 8.35. The van der Waals surface area contributed by atoms with Gasteiger partial charge in [-0.15, -0.1) is 0 Å². The Balaban J connectivity index is 0.000000561. The van der Waals surface area contributed by atoms with E-state index in [2.05, 4.69) is 16.4 Å². The number of hydrogen-bond acceptors (Lipinski definition) is 1. The maximum Gasteiger partial charge on any atom is 0.0147 e. The highest BCUT2D eigenvalue weighted by molar-refractivity contribution is 5.03. The second-order valence-corrected chi connectivity index (χ2v) is 2.40. The van der Waals surface area contributed by atoms with E-state index in [-0.39, 0.29) is 0 Å². The molecule has 12 heavy (non-hydrogen) atoms. The number of aromatic amines is 1. The Morgan fingerprint density at radius 1 is 1.42 bits per heavy atom. The Labute approximate surface area is 75.4 Å². The first-order valence-electron chi connectivity index (χ1n) is 4.70. The molecule has 0 amide bonds. The van der Waals surface area contributed by atoms with Gasteiger partial charge in [-0.3, -0.25) is 0 Å². The van der Waals surface area contributed by atoms with Gasteiger partial charge in [-0.25, -0.2) is 0 Å². The van der Waals surface area contributed by atoms with Crippen molar-refractivity contribution in [1.82, 2.24) is 10.3 Å². The van der Waals surface area contributed by atoms with E-state index in [9.17, 15) is 0 Å². The van der Waals surface area contributed by atoms with Crippen LogP contribution in [-0.4, -0.2) is 18.6 Å². The first-order chi connectivity index (χ1) is 5.93. The molecular formula is C10H20N2. The molecule has 1 heterocycles. The molecule has 70 valence electrons. The summed E-state index contributed by atoms with van der Waals surface area (Å²) >= 11 is 0. The van der Waals surface area contributed by atoms with Gasteiger partial charge in [0.1, 0.15) is 0 Å². The molecule has 0 bridgehead atoms. The van der Waals surface area contributed by atoms with Crippen molar-refractivity contribution in [3.63, 3.8) is 0 Å². The summed E-state index contributed by atoms with van der Waals surface area (Å²) in [5.41, 5.74) is 1.33. The topological polar surface area (TPSA) is 27.8 Å². The van der Waals surface area contributed by atoms with Crippen molar-refractivity contribution in [2.75, 3.05) is 13.6 Å². The molecule has 0 aliphatic rings. The SMILES string of the molecule is CC.CNCCCc1ccc[nH]1. The van der Waals surface area contributed by atoms with Crippen molar-refractivity contribution in [3.8, 4) is 0 Å². The molecule has 1 aromatic heterocycles. The van der Waals surface area contributed by atoms with Gasteiger partial charge in [0.25, 0.3) is 0 Å². The van der Waals surface area contributed by atoms with Crippen molar-refractivity contribution >= 4 is 0 Å². The fourth-order valence-corrected chi connectivity index (χ4v) is 0.979. The van der Waals surface area contributed by atoms with Gasteiger partial charge < -0.3 is 10.3 Å². The summed E-state index contributed by atoms with van der Waals surface area (Å²) in [6.07, 6.45) is 4.32. The molecule has 0 aliphatic carbocycles. The molecule has 2 nitrogen and oxygen atoms in total. The van der Waals surface area contributed by atoms with Crippen molar-refractivity contribution in [2.45, 2.75) is 26.7 Å². The standard InChI is InChI=1S/C8H14N2.C2H6/c1-9-6-2-4-8-5-3-7-10-8;1-2/h3,5,7,9-10H,2,4,6H2,1H3;1-2H3. The maximum absolute atomic E-state index is 3.17. The molecule has 0 aromatic carbocycles. The van der Waals surface area contributed by atoms with Crippen LogP contribution < -0.4 is 5.32 Å². The van der Waals surface area contributed by atoms with Gasteiger partial charge in [0.05, 0.1) is 0 Å². The van der Waals surface area contributed by atoms with E-state index in [0.717, 1.165) is 13.0 Å². The van der Waals surface area contributed by atoms with Crippen LogP contribution in [0.2, 0.25) is 0 Å². The quantitative estimate of drug-likeness (QED) is 0.663. The van der Waals surface area contributed by atoms with E-state index in [1.165, 1.54) is 12.1 Å². The van der Waals surface area contributed by atoms with Crippen LogP contribution in [0.15, 0.2) is 18.3 Å². The van der Waals surface area contributed by atoms with Crippen LogP contribution in [0.5, 0.6) is 0 Å². The van der Waals surface area contributed by atoms with Gasteiger partial charge in [0.15, 0.2) is 0 Å². The Kier molecular flexibility index (Phi) is 7.81. The molecule has 0 unspecified atom stereocenters. The zero-order chi connectivity index (χ0) is 9.23. The highest BCUT2D eigenvalue weighted by Crippen LogP contribution is 1.97. The summed E-state index contributed by atoms with van der Waals surface area (Å²) in [4.78, 5) is 3.17. The van der Waals surface area contributed by atoms with Gasteiger partial charge in [-0.1, -0.05) is 13.8 Å². The molecule has 0 spiro atoms.